The minimum atomic E-state index is -3.91. The van der Waals surface area contributed by atoms with Gasteiger partial charge in [0.25, 0.3) is 0 Å². The molecule has 0 unspecified atom stereocenters. The zero-order valence-corrected chi connectivity index (χ0v) is 23.2. The second-order valence-corrected chi connectivity index (χ2v) is 10.5. The Bertz CT molecular complexity index is 1160. The van der Waals surface area contributed by atoms with E-state index in [-0.39, 0.29) is 13.7 Å². The standard InChI is InChI=1S/C24H34F2N6O3S.C2H6.H2/c1-35-12-13-36(33,34)30-22-9-8-20(25)24(23(22)26)32(28)17-21(27)18-14-19(16-29-15-18)31-10-6-4-2-3-5-7-11-31;1-2;/h8-9,14-17,30H,2-7,10-13,27-28H2,1H3;1-2H3;1H/b21-17-;;. The number of benzene rings is 1. The highest BCUT2D eigenvalue weighted by atomic mass is 32.2. The fourth-order valence-electron chi connectivity index (χ4n) is 4.00. The molecule has 12 heteroatoms. The topological polar surface area (TPSA) is 127 Å². The molecule has 0 saturated carbocycles. The van der Waals surface area contributed by atoms with Crippen LogP contribution in [-0.2, 0) is 14.8 Å². The van der Waals surface area contributed by atoms with Crippen LogP contribution in [0.2, 0.25) is 0 Å². The molecule has 2 aromatic rings. The lowest BCUT2D eigenvalue weighted by molar-refractivity contribution is 0.217. The van der Waals surface area contributed by atoms with E-state index in [0.717, 1.165) is 43.8 Å². The maximum Gasteiger partial charge on any atom is 0.235 e. The third-order valence-corrected chi connectivity index (χ3v) is 7.19. The number of halogens is 2. The van der Waals surface area contributed by atoms with Crippen LogP contribution >= 0.6 is 0 Å². The number of ether oxygens (including phenoxy) is 1. The number of nitrogens with zero attached hydrogens (tertiary/aromatic N) is 3. The van der Waals surface area contributed by atoms with Crippen molar-refractivity contribution in [1.82, 2.24) is 4.98 Å². The highest BCUT2D eigenvalue weighted by Crippen LogP contribution is 2.29. The average molecular weight is 557 g/mol. The van der Waals surface area contributed by atoms with Crippen LogP contribution in [-0.4, -0.2) is 46.0 Å². The van der Waals surface area contributed by atoms with E-state index in [1.165, 1.54) is 39.0 Å². The summed E-state index contributed by atoms with van der Waals surface area (Å²) in [5.41, 5.74) is 6.71. The minimum Gasteiger partial charge on any atom is -0.397 e. The average Bonchev–Trinajstić information content (AvgIpc) is 3.05. The zero-order valence-electron chi connectivity index (χ0n) is 22.4. The SMILES string of the molecule is CC.COCCS(=O)(=O)Nc1ccc(F)c(N(N)/C=C(\N)c2cncc(N3CCCCCCCC3)c2)c1F.[HH]. The van der Waals surface area contributed by atoms with Gasteiger partial charge in [-0.3, -0.25) is 14.7 Å². The molecule has 0 amide bonds. The fourth-order valence-corrected chi connectivity index (χ4v) is 4.98. The lowest BCUT2D eigenvalue weighted by Crippen LogP contribution is -2.29. The van der Waals surface area contributed by atoms with Crippen LogP contribution in [0.15, 0.2) is 36.8 Å². The number of nitrogens with one attached hydrogen (secondary N) is 1. The van der Waals surface area contributed by atoms with Crippen LogP contribution in [0.25, 0.3) is 5.70 Å². The summed E-state index contributed by atoms with van der Waals surface area (Å²) >= 11 is 0. The molecule has 1 saturated heterocycles. The first kappa shape index (κ1) is 31.3. The molecule has 0 bridgehead atoms. The van der Waals surface area contributed by atoms with E-state index in [9.17, 15) is 12.8 Å². The largest absolute Gasteiger partial charge is 0.397 e. The number of methoxy groups -OCH3 is 1. The van der Waals surface area contributed by atoms with Crippen LogP contribution in [0.4, 0.5) is 25.8 Å². The van der Waals surface area contributed by atoms with E-state index in [1.54, 1.807) is 12.4 Å². The lowest BCUT2D eigenvalue weighted by Gasteiger charge is -2.24. The Labute approximate surface area is 226 Å². The van der Waals surface area contributed by atoms with Gasteiger partial charge in [-0.25, -0.2) is 23.0 Å². The number of hydrazine groups is 1. The number of anilines is 3. The first-order chi connectivity index (χ1) is 18.2. The number of pyridine rings is 1. The van der Waals surface area contributed by atoms with E-state index in [1.807, 2.05) is 19.9 Å². The van der Waals surface area contributed by atoms with Gasteiger partial charge in [0.1, 0.15) is 5.69 Å². The molecule has 3 rings (SSSR count). The van der Waals surface area contributed by atoms with Crippen LogP contribution in [0.5, 0.6) is 0 Å². The summed E-state index contributed by atoms with van der Waals surface area (Å²) in [6, 6.07) is 3.78. The maximum absolute atomic E-state index is 15.1. The van der Waals surface area contributed by atoms with Crippen LogP contribution in [0.3, 0.4) is 0 Å². The molecule has 5 N–H and O–H groups in total. The predicted molar refractivity (Wildman–Crippen MR) is 152 cm³/mol. The quantitative estimate of drug-likeness (QED) is 0.296. The number of hydrogen-bond acceptors (Lipinski definition) is 8. The Morgan fingerprint density at radius 1 is 1.16 bits per heavy atom. The molecule has 2 heterocycles. The van der Waals surface area contributed by atoms with Crippen LogP contribution in [0.1, 0.15) is 59.4 Å². The molecule has 1 aromatic carbocycles. The molecule has 0 aliphatic carbocycles. The van der Waals surface area contributed by atoms with Crippen molar-refractivity contribution in [3.05, 3.63) is 54.0 Å². The van der Waals surface area contributed by atoms with Gasteiger partial charge in [-0.05, 0) is 31.0 Å². The second-order valence-electron chi connectivity index (χ2n) is 8.70. The smallest absolute Gasteiger partial charge is 0.235 e. The first-order valence-corrected chi connectivity index (χ1v) is 14.6. The van der Waals surface area contributed by atoms with Gasteiger partial charge in [-0.2, -0.15) is 0 Å². The highest BCUT2D eigenvalue weighted by Gasteiger charge is 2.21. The zero-order chi connectivity index (χ0) is 28.1. The molecule has 1 aliphatic heterocycles. The van der Waals surface area contributed by atoms with Crippen LogP contribution in [0, 0.1) is 11.6 Å². The van der Waals surface area contributed by atoms with Crippen molar-refractivity contribution in [3.8, 4) is 0 Å². The summed E-state index contributed by atoms with van der Waals surface area (Å²) in [5.74, 6) is 3.40. The predicted octanol–water partition coefficient (Wildman–Crippen LogP) is 4.82. The van der Waals surface area contributed by atoms with E-state index in [2.05, 4.69) is 14.6 Å². The summed E-state index contributed by atoms with van der Waals surface area (Å²) in [6.07, 6.45) is 11.5. The van der Waals surface area contributed by atoms with Crippen molar-refractivity contribution >= 4 is 32.8 Å². The molecule has 38 heavy (non-hydrogen) atoms. The van der Waals surface area contributed by atoms with Crippen molar-refractivity contribution in [3.63, 3.8) is 0 Å². The number of aromatic nitrogens is 1. The van der Waals surface area contributed by atoms with E-state index < -0.39 is 38.8 Å². The number of sulfonamides is 1. The number of hydrogen-bond donors (Lipinski definition) is 3. The summed E-state index contributed by atoms with van der Waals surface area (Å²) in [5, 5.41) is 0.694. The van der Waals surface area contributed by atoms with Crippen molar-refractivity contribution in [2.75, 3.05) is 47.2 Å². The van der Waals surface area contributed by atoms with Gasteiger partial charge in [0.15, 0.2) is 11.6 Å². The van der Waals surface area contributed by atoms with Gasteiger partial charge in [0, 0.05) is 39.6 Å². The second kappa shape index (κ2) is 15.5. The molecular formula is C26H42F2N6O3S. The van der Waals surface area contributed by atoms with Crippen molar-refractivity contribution in [2.24, 2.45) is 11.6 Å². The van der Waals surface area contributed by atoms with E-state index in [4.69, 9.17) is 16.3 Å². The fraction of sp³-hybridized carbons (Fsp3) is 0.500. The van der Waals surface area contributed by atoms with E-state index in [0.29, 0.717) is 10.6 Å². The molecule has 1 fully saturated rings. The molecule has 1 aliphatic rings. The molecule has 1 aromatic heterocycles. The highest BCUT2D eigenvalue weighted by molar-refractivity contribution is 7.92. The summed E-state index contributed by atoms with van der Waals surface area (Å²) in [7, 11) is -2.57. The Morgan fingerprint density at radius 2 is 1.79 bits per heavy atom. The number of rotatable bonds is 9. The van der Waals surface area contributed by atoms with Crippen molar-refractivity contribution in [2.45, 2.75) is 52.4 Å². The Morgan fingerprint density at radius 3 is 2.42 bits per heavy atom. The third-order valence-electron chi connectivity index (χ3n) is 5.95. The molecular weight excluding hydrogens is 514 g/mol. The Hall–Kier alpha value is -2.96. The molecule has 9 nitrogen and oxygen atoms in total. The Balaban J connectivity index is 0.00000248. The molecule has 0 atom stereocenters. The van der Waals surface area contributed by atoms with Crippen molar-refractivity contribution < 1.29 is 23.4 Å². The normalized spacial score (nSPS) is 15.0. The lowest BCUT2D eigenvalue weighted by atomic mass is 10.1. The van der Waals surface area contributed by atoms with Gasteiger partial charge >= 0.3 is 0 Å². The van der Waals surface area contributed by atoms with Gasteiger partial charge < -0.3 is 15.4 Å². The minimum absolute atomic E-state index is 0. The van der Waals surface area contributed by atoms with Crippen LogP contribution < -0.4 is 26.2 Å². The third kappa shape index (κ3) is 9.10. The van der Waals surface area contributed by atoms with Crippen molar-refractivity contribution in [1.29, 1.82) is 0 Å². The maximum atomic E-state index is 15.1. The van der Waals surface area contributed by atoms with Gasteiger partial charge in [-0.15, -0.1) is 0 Å². The molecule has 214 valence electrons. The molecule has 0 radical (unpaired) electrons. The summed E-state index contributed by atoms with van der Waals surface area (Å²) < 4.78 is 60.7. The van der Waals surface area contributed by atoms with Gasteiger partial charge in [-0.1, -0.05) is 39.5 Å². The summed E-state index contributed by atoms with van der Waals surface area (Å²) in [6.45, 7) is 5.75. The Kier molecular flexibility index (Phi) is 12.7. The molecule has 0 spiro atoms. The monoisotopic (exact) mass is 556 g/mol. The van der Waals surface area contributed by atoms with Gasteiger partial charge in [0.05, 0.1) is 35.6 Å². The summed E-state index contributed by atoms with van der Waals surface area (Å²) in [4.78, 5) is 6.57. The number of nitrogens with two attached hydrogens (primary N) is 2. The van der Waals surface area contributed by atoms with Gasteiger partial charge in [0.2, 0.25) is 10.0 Å². The van der Waals surface area contributed by atoms with E-state index >= 15 is 4.39 Å². The first-order valence-electron chi connectivity index (χ1n) is 12.9.